The van der Waals surface area contributed by atoms with Crippen molar-refractivity contribution >= 4 is 16.8 Å². The molecule has 0 saturated carbocycles. The van der Waals surface area contributed by atoms with Crippen LogP contribution in [0.25, 0.3) is 10.9 Å². The van der Waals surface area contributed by atoms with Gasteiger partial charge >= 0.3 is 0 Å². The van der Waals surface area contributed by atoms with Crippen LogP contribution in [0, 0.1) is 11.7 Å². The van der Waals surface area contributed by atoms with Crippen LogP contribution in [0.3, 0.4) is 0 Å². The molecule has 0 aliphatic rings. The number of H-pyrrole nitrogens is 1. The van der Waals surface area contributed by atoms with Crippen molar-refractivity contribution in [3.05, 3.63) is 46.0 Å². The Bertz CT molecular complexity index is 740. The van der Waals surface area contributed by atoms with Gasteiger partial charge in [0.1, 0.15) is 5.82 Å². The summed E-state index contributed by atoms with van der Waals surface area (Å²) >= 11 is 0. The molecule has 0 fully saturated rings. The van der Waals surface area contributed by atoms with E-state index in [0.717, 1.165) is 0 Å². The molecule has 0 aliphatic carbocycles. The number of benzene rings is 1. The lowest BCUT2D eigenvalue weighted by Gasteiger charge is -2.18. The first-order valence-electron chi connectivity index (χ1n) is 7.15. The lowest BCUT2D eigenvalue weighted by molar-refractivity contribution is 0.0910. The topological polar surface area (TPSA) is 82.2 Å². The third kappa shape index (κ3) is 3.71. The Kier molecular flexibility index (Phi) is 4.92. The number of carbonyl (C=O) groups excluding carboxylic acids is 1. The largest absolute Gasteiger partial charge is 0.394 e. The van der Waals surface area contributed by atoms with E-state index in [2.05, 4.69) is 10.3 Å². The summed E-state index contributed by atoms with van der Waals surface area (Å²) < 4.78 is 13.3. The molecule has 22 heavy (non-hydrogen) atoms. The van der Waals surface area contributed by atoms with Crippen molar-refractivity contribution in [3.63, 3.8) is 0 Å². The van der Waals surface area contributed by atoms with Gasteiger partial charge in [0.15, 0.2) is 0 Å². The zero-order valence-electron chi connectivity index (χ0n) is 12.5. The van der Waals surface area contributed by atoms with Crippen LogP contribution in [0.4, 0.5) is 4.39 Å². The number of hydrogen-bond donors (Lipinski definition) is 3. The van der Waals surface area contributed by atoms with Crippen molar-refractivity contribution < 1.29 is 14.3 Å². The highest BCUT2D eigenvalue weighted by Gasteiger charge is 2.17. The molecule has 1 amide bonds. The molecule has 118 valence electrons. The number of aliphatic hydroxyl groups excluding tert-OH is 1. The molecule has 0 aliphatic heterocycles. The molecule has 1 aromatic carbocycles. The van der Waals surface area contributed by atoms with E-state index in [1.54, 1.807) is 0 Å². The van der Waals surface area contributed by atoms with Gasteiger partial charge in [-0.25, -0.2) is 4.39 Å². The van der Waals surface area contributed by atoms with Gasteiger partial charge in [0.25, 0.3) is 5.91 Å². The highest BCUT2D eigenvalue weighted by molar-refractivity contribution is 6.06. The molecule has 0 spiro atoms. The van der Waals surface area contributed by atoms with Gasteiger partial charge < -0.3 is 15.4 Å². The monoisotopic (exact) mass is 306 g/mol. The van der Waals surface area contributed by atoms with E-state index in [4.69, 9.17) is 0 Å². The number of aromatic nitrogens is 1. The molecule has 2 rings (SSSR count). The number of hydrogen-bond acceptors (Lipinski definition) is 3. The van der Waals surface area contributed by atoms with Crippen molar-refractivity contribution in [1.29, 1.82) is 0 Å². The third-order valence-corrected chi connectivity index (χ3v) is 3.36. The normalized spacial score (nSPS) is 12.6. The number of nitrogens with one attached hydrogen (secondary N) is 2. The van der Waals surface area contributed by atoms with Crippen LogP contribution in [0.15, 0.2) is 29.1 Å². The van der Waals surface area contributed by atoms with Gasteiger partial charge in [0.05, 0.1) is 23.7 Å². The smallest absolute Gasteiger partial charge is 0.252 e. The molecular weight excluding hydrogens is 287 g/mol. The Labute approximate surface area is 127 Å². The summed E-state index contributed by atoms with van der Waals surface area (Å²) in [7, 11) is 0. The number of amides is 1. The molecule has 1 unspecified atom stereocenters. The summed E-state index contributed by atoms with van der Waals surface area (Å²) in [6, 6.07) is 4.65. The number of aliphatic hydroxyl groups is 1. The maximum absolute atomic E-state index is 13.3. The number of carbonyl (C=O) groups is 1. The minimum Gasteiger partial charge on any atom is -0.394 e. The van der Waals surface area contributed by atoms with E-state index in [1.807, 2.05) is 13.8 Å². The zero-order chi connectivity index (χ0) is 16.3. The van der Waals surface area contributed by atoms with Crippen LogP contribution >= 0.6 is 0 Å². The molecule has 0 bridgehead atoms. The lowest BCUT2D eigenvalue weighted by Crippen LogP contribution is -2.38. The van der Waals surface area contributed by atoms with Crippen molar-refractivity contribution in [2.24, 2.45) is 5.92 Å². The number of fused-ring (bicyclic) bond motifs is 1. The molecule has 1 atom stereocenters. The van der Waals surface area contributed by atoms with E-state index in [-0.39, 0.29) is 23.7 Å². The maximum atomic E-state index is 13.3. The second-order valence-electron chi connectivity index (χ2n) is 5.72. The van der Waals surface area contributed by atoms with Crippen LogP contribution in [0.1, 0.15) is 30.6 Å². The van der Waals surface area contributed by atoms with Crippen LogP contribution < -0.4 is 10.9 Å². The molecule has 6 heteroatoms. The second-order valence-corrected chi connectivity index (χ2v) is 5.72. The van der Waals surface area contributed by atoms with Gasteiger partial charge in [-0.3, -0.25) is 9.59 Å². The van der Waals surface area contributed by atoms with E-state index in [0.29, 0.717) is 17.7 Å². The van der Waals surface area contributed by atoms with Crippen LogP contribution in [0.5, 0.6) is 0 Å². The van der Waals surface area contributed by atoms with Gasteiger partial charge in [-0.05, 0) is 30.5 Å². The number of halogens is 1. The van der Waals surface area contributed by atoms with Crippen LogP contribution in [-0.4, -0.2) is 28.6 Å². The van der Waals surface area contributed by atoms with Crippen molar-refractivity contribution in [2.45, 2.75) is 26.3 Å². The molecule has 2 aromatic rings. The standard InChI is InChI=1S/C16H19FN2O3/c1-9(2)5-11(8-20)18-16(22)13-7-15(21)19-14-6-10(17)3-4-12(13)14/h3-4,6-7,9,11,20H,5,8H2,1-2H3,(H,18,22)(H,19,21). The first-order chi connectivity index (χ1) is 10.4. The fourth-order valence-electron chi connectivity index (χ4n) is 2.43. The van der Waals surface area contributed by atoms with Gasteiger partial charge in [0.2, 0.25) is 5.56 Å². The predicted octanol–water partition coefficient (Wildman–Crippen LogP) is 1.80. The molecule has 5 nitrogen and oxygen atoms in total. The Balaban J connectivity index is 2.37. The Morgan fingerprint density at radius 1 is 1.36 bits per heavy atom. The molecule has 0 radical (unpaired) electrons. The van der Waals surface area contributed by atoms with Crippen molar-refractivity contribution in [2.75, 3.05) is 6.61 Å². The summed E-state index contributed by atoms with van der Waals surface area (Å²) in [4.78, 5) is 26.5. The number of rotatable bonds is 5. The fraction of sp³-hybridized carbons (Fsp3) is 0.375. The molecule has 1 aromatic heterocycles. The Hall–Kier alpha value is -2.21. The highest BCUT2D eigenvalue weighted by atomic mass is 19.1. The minimum atomic E-state index is -0.492. The summed E-state index contributed by atoms with van der Waals surface area (Å²) in [5, 5.41) is 12.5. The van der Waals surface area contributed by atoms with Gasteiger partial charge in [-0.2, -0.15) is 0 Å². The predicted molar refractivity (Wildman–Crippen MR) is 82.3 cm³/mol. The molecule has 1 heterocycles. The zero-order valence-corrected chi connectivity index (χ0v) is 12.5. The summed E-state index contributed by atoms with van der Waals surface area (Å²) in [6.07, 6.45) is 0.623. The SMILES string of the molecule is CC(C)CC(CO)NC(=O)c1cc(=O)[nH]c2cc(F)ccc12. The van der Waals surface area contributed by atoms with Crippen LogP contribution in [-0.2, 0) is 0 Å². The molecular formula is C16H19FN2O3. The second kappa shape index (κ2) is 6.70. The quantitative estimate of drug-likeness (QED) is 0.788. The molecule has 3 N–H and O–H groups in total. The van der Waals surface area contributed by atoms with E-state index >= 15 is 0 Å². The third-order valence-electron chi connectivity index (χ3n) is 3.36. The van der Waals surface area contributed by atoms with Gasteiger partial charge in [-0.15, -0.1) is 0 Å². The van der Waals surface area contributed by atoms with Crippen molar-refractivity contribution in [1.82, 2.24) is 10.3 Å². The Morgan fingerprint density at radius 2 is 2.09 bits per heavy atom. The lowest BCUT2D eigenvalue weighted by atomic mass is 10.0. The van der Waals surface area contributed by atoms with Crippen molar-refractivity contribution in [3.8, 4) is 0 Å². The van der Waals surface area contributed by atoms with E-state index in [9.17, 15) is 19.1 Å². The number of aromatic amines is 1. The first-order valence-corrected chi connectivity index (χ1v) is 7.15. The minimum absolute atomic E-state index is 0.168. The van der Waals surface area contributed by atoms with E-state index in [1.165, 1.54) is 24.3 Å². The van der Waals surface area contributed by atoms with Crippen LogP contribution in [0.2, 0.25) is 0 Å². The summed E-state index contributed by atoms with van der Waals surface area (Å²) in [5.41, 5.74) is -0.0457. The summed E-state index contributed by atoms with van der Waals surface area (Å²) in [5.74, 6) is -0.640. The average Bonchev–Trinajstić information content (AvgIpc) is 2.44. The average molecular weight is 306 g/mol. The highest BCUT2D eigenvalue weighted by Crippen LogP contribution is 2.17. The fourth-order valence-corrected chi connectivity index (χ4v) is 2.43. The number of pyridine rings is 1. The summed E-state index contributed by atoms with van der Waals surface area (Å²) in [6.45, 7) is 3.79. The Morgan fingerprint density at radius 3 is 2.73 bits per heavy atom. The van der Waals surface area contributed by atoms with Gasteiger partial charge in [-0.1, -0.05) is 13.8 Å². The maximum Gasteiger partial charge on any atom is 0.252 e. The first kappa shape index (κ1) is 16.2. The molecule has 0 saturated heterocycles. The van der Waals surface area contributed by atoms with Gasteiger partial charge in [0, 0.05) is 11.5 Å². The van der Waals surface area contributed by atoms with E-state index < -0.39 is 17.3 Å².